The van der Waals surface area contributed by atoms with Gasteiger partial charge in [0, 0.05) is 31.2 Å². The van der Waals surface area contributed by atoms with E-state index in [1.54, 1.807) is 6.07 Å². The van der Waals surface area contributed by atoms with Crippen LogP contribution in [0, 0.1) is 0 Å². The molecule has 0 aliphatic carbocycles. The third-order valence-corrected chi connectivity index (χ3v) is 5.68. The fourth-order valence-corrected chi connectivity index (χ4v) is 4.20. The highest BCUT2D eigenvalue weighted by molar-refractivity contribution is 6.31. The first kappa shape index (κ1) is 20.3. The second-order valence-corrected chi connectivity index (χ2v) is 8.02. The monoisotopic (exact) mass is 390 g/mol. The van der Waals surface area contributed by atoms with E-state index in [1.165, 1.54) is 0 Å². The van der Waals surface area contributed by atoms with Crippen molar-refractivity contribution in [2.24, 2.45) is 0 Å². The first-order valence-electron chi connectivity index (χ1n) is 10.2. The summed E-state index contributed by atoms with van der Waals surface area (Å²) in [6.07, 6.45) is 4.14. The normalized spacial score (nSPS) is 17.9. The first-order chi connectivity index (χ1) is 13.0. The van der Waals surface area contributed by atoms with Gasteiger partial charge in [-0.1, -0.05) is 31.9 Å². The summed E-state index contributed by atoms with van der Waals surface area (Å²) in [5, 5.41) is 1.20. The molecule has 1 aliphatic rings. The number of fused-ring (bicyclic) bond motifs is 1. The lowest BCUT2D eigenvalue weighted by molar-refractivity contribution is 0.179. The van der Waals surface area contributed by atoms with E-state index in [1.807, 2.05) is 16.7 Å². The van der Waals surface area contributed by atoms with Crippen molar-refractivity contribution in [1.29, 1.82) is 0 Å². The van der Waals surface area contributed by atoms with Crippen LogP contribution >= 0.6 is 11.6 Å². The Morgan fingerprint density at radius 1 is 1.15 bits per heavy atom. The zero-order valence-electron chi connectivity index (χ0n) is 16.7. The van der Waals surface area contributed by atoms with Gasteiger partial charge in [0.1, 0.15) is 5.82 Å². The van der Waals surface area contributed by atoms with E-state index in [0.717, 1.165) is 63.2 Å². The molecule has 0 amide bonds. The van der Waals surface area contributed by atoms with Crippen LogP contribution in [0.2, 0.25) is 5.02 Å². The molecule has 5 nitrogen and oxygen atoms in total. The van der Waals surface area contributed by atoms with E-state index in [2.05, 4.69) is 30.7 Å². The minimum Gasteiger partial charge on any atom is -0.305 e. The molecule has 1 aliphatic heterocycles. The van der Waals surface area contributed by atoms with E-state index >= 15 is 0 Å². The Morgan fingerprint density at radius 3 is 2.70 bits per heavy atom. The molecule has 0 saturated carbocycles. The highest BCUT2D eigenvalue weighted by atomic mass is 35.5. The van der Waals surface area contributed by atoms with Crippen LogP contribution in [-0.2, 0) is 6.54 Å². The Kier molecular flexibility index (Phi) is 6.90. The molecule has 1 aromatic heterocycles. The van der Waals surface area contributed by atoms with Gasteiger partial charge in [0.05, 0.1) is 16.9 Å². The van der Waals surface area contributed by atoms with Crippen molar-refractivity contribution in [3.63, 3.8) is 0 Å². The summed E-state index contributed by atoms with van der Waals surface area (Å²) in [6.45, 7) is 9.26. The third-order valence-electron chi connectivity index (χ3n) is 5.45. The van der Waals surface area contributed by atoms with Crippen LogP contribution in [0.1, 0.15) is 51.4 Å². The Hall–Kier alpha value is -1.43. The molecule has 6 heteroatoms. The lowest BCUT2D eigenvalue weighted by Crippen LogP contribution is -2.37. The van der Waals surface area contributed by atoms with Gasteiger partial charge in [-0.05, 0) is 51.1 Å². The molecular weight excluding hydrogens is 360 g/mol. The van der Waals surface area contributed by atoms with Crippen molar-refractivity contribution < 1.29 is 0 Å². The predicted molar refractivity (Wildman–Crippen MR) is 113 cm³/mol. The average molecular weight is 391 g/mol. The molecule has 0 unspecified atom stereocenters. The minimum absolute atomic E-state index is 0.0346. The second kappa shape index (κ2) is 9.18. The number of nitrogens with zero attached hydrogens (tertiary/aromatic N) is 4. The molecule has 0 N–H and O–H groups in total. The Morgan fingerprint density at radius 2 is 1.96 bits per heavy atom. The fraction of sp³-hybridized carbons (Fsp3) is 0.619. The SMILES string of the molecule is CCC[C@H](c1nc2ccc(Cl)cc2c(=O)n1CCC)N1CCCN(C)CC1. The predicted octanol–water partition coefficient (Wildman–Crippen LogP) is 3.94. The van der Waals surface area contributed by atoms with Crippen molar-refractivity contribution in [2.75, 3.05) is 33.2 Å². The lowest BCUT2D eigenvalue weighted by atomic mass is 10.1. The number of benzene rings is 1. The molecule has 1 fully saturated rings. The molecule has 0 bridgehead atoms. The molecule has 1 saturated heterocycles. The zero-order chi connectivity index (χ0) is 19.4. The van der Waals surface area contributed by atoms with Gasteiger partial charge in [-0.25, -0.2) is 4.98 Å². The van der Waals surface area contributed by atoms with Crippen LogP contribution in [0.5, 0.6) is 0 Å². The number of hydrogen-bond donors (Lipinski definition) is 0. The van der Waals surface area contributed by atoms with Crippen LogP contribution in [0.25, 0.3) is 10.9 Å². The van der Waals surface area contributed by atoms with Crippen LogP contribution in [0.15, 0.2) is 23.0 Å². The zero-order valence-corrected chi connectivity index (χ0v) is 17.5. The van der Waals surface area contributed by atoms with Gasteiger partial charge in [0.15, 0.2) is 0 Å². The standard InChI is InChI=1S/C21H31ClN4O/c1-4-7-19(25-12-6-11-24(3)13-14-25)20-23-18-9-8-16(22)15-17(18)21(27)26(20)10-5-2/h8-9,15,19H,4-7,10-14H2,1-3H3/t19-/m1/s1. The lowest BCUT2D eigenvalue weighted by Gasteiger charge is -2.31. The molecule has 2 aromatic rings. The minimum atomic E-state index is 0.0346. The number of aromatic nitrogens is 2. The smallest absolute Gasteiger partial charge is 0.261 e. The van der Waals surface area contributed by atoms with E-state index < -0.39 is 0 Å². The maximum Gasteiger partial charge on any atom is 0.261 e. The van der Waals surface area contributed by atoms with Crippen molar-refractivity contribution >= 4 is 22.5 Å². The largest absolute Gasteiger partial charge is 0.305 e. The number of rotatable bonds is 6. The molecule has 1 atom stereocenters. The molecule has 0 radical (unpaired) electrons. The van der Waals surface area contributed by atoms with Crippen LogP contribution in [0.4, 0.5) is 0 Å². The Bertz CT molecular complexity index is 835. The van der Waals surface area contributed by atoms with Crippen LogP contribution in [-0.4, -0.2) is 52.6 Å². The summed E-state index contributed by atoms with van der Waals surface area (Å²) in [5.74, 6) is 0.920. The van der Waals surface area contributed by atoms with Gasteiger partial charge < -0.3 is 4.90 Å². The van der Waals surface area contributed by atoms with E-state index in [4.69, 9.17) is 16.6 Å². The summed E-state index contributed by atoms with van der Waals surface area (Å²) in [4.78, 5) is 23.1. The highest BCUT2D eigenvalue weighted by Crippen LogP contribution is 2.27. The quantitative estimate of drug-likeness (QED) is 0.749. The van der Waals surface area contributed by atoms with Gasteiger partial charge >= 0.3 is 0 Å². The molecule has 3 rings (SSSR count). The van der Waals surface area contributed by atoms with Gasteiger partial charge in [-0.3, -0.25) is 14.3 Å². The summed E-state index contributed by atoms with van der Waals surface area (Å²) in [6, 6.07) is 5.62. The van der Waals surface area contributed by atoms with E-state index in [-0.39, 0.29) is 11.6 Å². The Balaban J connectivity index is 2.11. The summed E-state index contributed by atoms with van der Waals surface area (Å²) in [7, 11) is 2.18. The van der Waals surface area contributed by atoms with Crippen molar-refractivity contribution in [3.05, 3.63) is 39.4 Å². The summed E-state index contributed by atoms with van der Waals surface area (Å²) < 4.78 is 1.90. The number of likely N-dealkylation sites (N-methyl/N-ethyl adjacent to an activating group) is 1. The highest BCUT2D eigenvalue weighted by Gasteiger charge is 2.26. The van der Waals surface area contributed by atoms with Crippen molar-refractivity contribution in [3.8, 4) is 0 Å². The summed E-state index contributed by atoms with van der Waals surface area (Å²) >= 11 is 6.14. The van der Waals surface area contributed by atoms with E-state index in [0.29, 0.717) is 17.0 Å². The van der Waals surface area contributed by atoms with Gasteiger partial charge in [-0.15, -0.1) is 0 Å². The van der Waals surface area contributed by atoms with Crippen LogP contribution in [0.3, 0.4) is 0 Å². The average Bonchev–Trinajstić information content (AvgIpc) is 2.87. The Labute approximate surface area is 166 Å². The van der Waals surface area contributed by atoms with Crippen molar-refractivity contribution in [2.45, 2.75) is 52.1 Å². The van der Waals surface area contributed by atoms with Gasteiger partial charge in [-0.2, -0.15) is 0 Å². The van der Waals surface area contributed by atoms with Gasteiger partial charge in [0.25, 0.3) is 5.56 Å². The second-order valence-electron chi connectivity index (χ2n) is 7.59. The number of halogens is 1. The molecule has 27 heavy (non-hydrogen) atoms. The molecule has 0 spiro atoms. The maximum absolute atomic E-state index is 13.2. The first-order valence-corrected chi connectivity index (χ1v) is 10.6. The number of hydrogen-bond acceptors (Lipinski definition) is 4. The van der Waals surface area contributed by atoms with Crippen molar-refractivity contribution in [1.82, 2.24) is 19.4 Å². The fourth-order valence-electron chi connectivity index (χ4n) is 4.03. The van der Waals surface area contributed by atoms with Gasteiger partial charge in [0.2, 0.25) is 0 Å². The molecule has 2 heterocycles. The van der Waals surface area contributed by atoms with E-state index in [9.17, 15) is 4.79 Å². The molecule has 1 aromatic carbocycles. The third kappa shape index (κ3) is 4.53. The topological polar surface area (TPSA) is 41.4 Å². The molecular formula is C21H31ClN4O. The molecule has 148 valence electrons. The summed E-state index contributed by atoms with van der Waals surface area (Å²) in [5.41, 5.74) is 0.784. The maximum atomic E-state index is 13.2. The van der Waals surface area contributed by atoms with Crippen LogP contribution < -0.4 is 5.56 Å².